The molecule has 2 aromatic heterocycles. The van der Waals surface area contributed by atoms with Crippen LogP contribution in [0.15, 0.2) is 64.1 Å². The largest absolute Gasteiger partial charge is 0.434 e. The molecule has 32 heavy (non-hydrogen) atoms. The first-order valence-corrected chi connectivity index (χ1v) is 11.1. The Balaban J connectivity index is 1.82. The molecule has 0 bridgehead atoms. The fourth-order valence-corrected chi connectivity index (χ4v) is 3.98. The van der Waals surface area contributed by atoms with E-state index in [0.29, 0.717) is 4.68 Å². The Morgan fingerprint density at radius 3 is 2.38 bits per heavy atom. The van der Waals surface area contributed by atoms with Gasteiger partial charge in [0.1, 0.15) is 11.5 Å². The van der Waals surface area contributed by atoms with Gasteiger partial charge < -0.3 is 4.52 Å². The first-order valence-electron chi connectivity index (χ1n) is 8.84. The summed E-state index contributed by atoms with van der Waals surface area (Å²) in [6, 6.07) is 9.82. The molecule has 0 aliphatic heterocycles. The average molecular weight is 486 g/mol. The molecule has 0 fully saturated rings. The number of nitrogens with zero attached hydrogens (tertiary/aromatic N) is 3. The Morgan fingerprint density at radius 2 is 1.78 bits per heavy atom. The molecule has 4 rings (SSSR count). The van der Waals surface area contributed by atoms with Gasteiger partial charge in [-0.15, -0.1) is 0 Å². The Morgan fingerprint density at radius 1 is 1.09 bits per heavy atom. The number of alkyl halides is 3. The molecule has 6 nitrogen and oxygen atoms in total. The fourth-order valence-electron chi connectivity index (χ4n) is 3.09. The summed E-state index contributed by atoms with van der Waals surface area (Å²) in [5.74, 6) is -1.01. The highest BCUT2D eigenvalue weighted by Gasteiger charge is 2.40. The van der Waals surface area contributed by atoms with E-state index in [0.717, 1.165) is 24.6 Å². The van der Waals surface area contributed by atoms with Crippen molar-refractivity contribution in [3.63, 3.8) is 0 Å². The number of rotatable bonds is 4. The van der Waals surface area contributed by atoms with Gasteiger partial charge in [-0.2, -0.15) is 18.3 Å². The molecule has 0 amide bonds. The maximum atomic E-state index is 14.2. The van der Waals surface area contributed by atoms with Crippen molar-refractivity contribution in [2.45, 2.75) is 11.1 Å². The number of aromatic nitrogens is 3. The standard InChI is InChI=1S/C20H12ClF4N3O3S/c1-32(29,30)12-7-5-11(6-8-12)28-19(20(23,24)25)13(10-26-28)17-9-16(27-31-17)18-14(21)3-2-4-15(18)22/h2-10H,1H3. The molecule has 0 N–H and O–H groups in total. The lowest BCUT2D eigenvalue weighted by atomic mass is 10.1. The molecule has 0 spiro atoms. The van der Waals surface area contributed by atoms with Gasteiger partial charge in [0.25, 0.3) is 0 Å². The van der Waals surface area contributed by atoms with Crippen LogP contribution < -0.4 is 0 Å². The van der Waals surface area contributed by atoms with Crippen molar-refractivity contribution < 1.29 is 30.5 Å². The number of halogens is 5. The first kappa shape index (κ1) is 22.0. The van der Waals surface area contributed by atoms with E-state index in [4.69, 9.17) is 16.1 Å². The first-order chi connectivity index (χ1) is 15.0. The van der Waals surface area contributed by atoms with Crippen molar-refractivity contribution in [1.29, 1.82) is 0 Å². The predicted octanol–water partition coefficient (Wildman–Crippen LogP) is 5.41. The number of hydrogen-bond donors (Lipinski definition) is 0. The van der Waals surface area contributed by atoms with E-state index in [1.165, 1.54) is 36.4 Å². The topological polar surface area (TPSA) is 78.0 Å². The molecule has 2 aromatic carbocycles. The van der Waals surface area contributed by atoms with E-state index in [-0.39, 0.29) is 32.6 Å². The lowest BCUT2D eigenvalue weighted by Gasteiger charge is -2.12. The van der Waals surface area contributed by atoms with E-state index >= 15 is 0 Å². The van der Waals surface area contributed by atoms with Gasteiger partial charge in [-0.1, -0.05) is 22.8 Å². The fraction of sp³-hybridized carbons (Fsp3) is 0.100. The summed E-state index contributed by atoms with van der Waals surface area (Å²) in [7, 11) is -3.53. The Kier molecular flexibility index (Phi) is 5.33. The molecule has 2 heterocycles. The van der Waals surface area contributed by atoms with E-state index in [1.54, 1.807) is 0 Å². The minimum atomic E-state index is -4.86. The van der Waals surface area contributed by atoms with Gasteiger partial charge in [0, 0.05) is 12.3 Å². The van der Waals surface area contributed by atoms with E-state index in [9.17, 15) is 26.0 Å². The van der Waals surface area contributed by atoms with Crippen molar-refractivity contribution in [1.82, 2.24) is 14.9 Å². The summed E-state index contributed by atoms with van der Waals surface area (Å²) >= 11 is 5.99. The van der Waals surface area contributed by atoms with Crippen LogP contribution in [0, 0.1) is 5.82 Å². The van der Waals surface area contributed by atoms with Crippen LogP contribution in [0.3, 0.4) is 0 Å². The van der Waals surface area contributed by atoms with Gasteiger partial charge in [-0.25, -0.2) is 17.5 Å². The average Bonchev–Trinajstić information content (AvgIpc) is 3.34. The molecule has 0 radical (unpaired) electrons. The van der Waals surface area contributed by atoms with E-state index in [2.05, 4.69) is 10.3 Å². The second kappa shape index (κ2) is 7.75. The normalized spacial score (nSPS) is 12.3. The summed E-state index contributed by atoms with van der Waals surface area (Å²) in [6.07, 6.45) is -2.94. The second-order valence-corrected chi connectivity index (χ2v) is 9.18. The third kappa shape index (κ3) is 4.00. The van der Waals surface area contributed by atoms with Crippen LogP contribution >= 0.6 is 11.6 Å². The maximum Gasteiger partial charge on any atom is 0.434 e. The summed E-state index contributed by atoms with van der Waals surface area (Å²) in [6.45, 7) is 0. The number of sulfone groups is 1. The summed E-state index contributed by atoms with van der Waals surface area (Å²) in [5, 5.41) is 7.47. The molecule has 166 valence electrons. The molecule has 0 aliphatic rings. The van der Waals surface area contributed by atoms with Gasteiger partial charge in [-0.05, 0) is 36.4 Å². The highest BCUT2D eigenvalue weighted by molar-refractivity contribution is 7.90. The third-order valence-corrected chi connectivity index (χ3v) is 5.99. The van der Waals surface area contributed by atoms with Gasteiger partial charge in [0.15, 0.2) is 21.3 Å². The summed E-state index contributed by atoms with van der Waals surface area (Å²) in [5.41, 5.74) is -1.82. The third-order valence-electron chi connectivity index (χ3n) is 4.54. The van der Waals surface area contributed by atoms with Crippen LogP contribution in [0.2, 0.25) is 5.02 Å². The summed E-state index contributed by atoms with van der Waals surface area (Å²) < 4.78 is 84.9. The quantitative estimate of drug-likeness (QED) is 0.361. The minimum Gasteiger partial charge on any atom is -0.356 e. The van der Waals surface area contributed by atoms with Gasteiger partial charge in [0.2, 0.25) is 0 Å². The zero-order valence-electron chi connectivity index (χ0n) is 16.1. The van der Waals surface area contributed by atoms with Gasteiger partial charge in [0.05, 0.1) is 32.9 Å². The Labute approximate surface area is 183 Å². The second-order valence-electron chi connectivity index (χ2n) is 6.76. The summed E-state index contributed by atoms with van der Waals surface area (Å²) in [4.78, 5) is -0.0520. The van der Waals surface area contributed by atoms with Crippen molar-refractivity contribution in [2.75, 3.05) is 6.26 Å². The minimum absolute atomic E-state index is 0.0163. The molecule has 0 saturated carbocycles. The molecule has 0 saturated heterocycles. The van der Waals surface area contributed by atoms with Crippen molar-refractivity contribution in [3.05, 3.63) is 71.3 Å². The number of benzene rings is 2. The highest BCUT2D eigenvalue weighted by atomic mass is 35.5. The SMILES string of the molecule is CS(=O)(=O)c1ccc(-n2ncc(-c3cc(-c4c(F)cccc4Cl)no3)c2C(F)(F)F)cc1. The molecular formula is C20H12ClF4N3O3S. The van der Waals surface area contributed by atoms with Crippen LogP contribution in [0.4, 0.5) is 17.6 Å². The van der Waals surface area contributed by atoms with Crippen LogP contribution in [0.5, 0.6) is 0 Å². The Bertz CT molecular complexity index is 1390. The highest BCUT2D eigenvalue weighted by Crippen LogP contribution is 2.40. The van der Waals surface area contributed by atoms with Crippen LogP contribution in [-0.2, 0) is 16.0 Å². The molecule has 0 aliphatic carbocycles. The van der Waals surface area contributed by atoms with Crippen LogP contribution in [0.1, 0.15) is 5.69 Å². The zero-order chi connectivity index (χ0) is 23.3. The molecule has 0 unspecified atom stereocenters. The van der Waals surface area contributed by atoms with E-state index in [1.807, 2.05) is 0 Å². The smallest absolute Gasteiger partial charge is 0.356 e. The monoisotopic (exact) mass is 485 g/mol. The van der Waals surface area contributed by atoms with Crippen molar-refractivity contribution >= 4 is 21.4 Å². The molecule has 12 heteroatoms. The predicted molar refractivity (Wildman–Crippen MR) is 108 cm³/mol. The number of hydrogen-bond acceptors (Lipinski definition) is 5. The van der Waals surface area contributed by atoms with Gasteiger partial charge in [-0.3, -0.25) is 0 Å². The van der Waals surface area contributed by atoms with Crippen LogP contribution in [-0.4, -0.2) is 29.6 Å². The lowest BCUT2D eigenvalue weighted by Crippen LogP contribution is -2.14. The lowest BCUT2D eigenvalue weighted by molar-refractivity contribution is -0.142. The van der Waals surface area contributed by atoms with Gasteiger partial charge >= 0.3 is 6.18 Å². The van der Waals surface area contributed by atoms with Crippen LogP contribution in [0.25, 0.3) is 28.3 Å². The molecule has 0 atom stereocenters. The Hall–Kier alpha value is -3.18. The molecular weight excluding hydrogens is 474 g/mol. The zero-order valence-corrected chi connectivity index (χ0v) is 17.6. The van der Waals surface area contributed by atoms with Crippen molar-refractivity contribution in [2.24, 2.45) is 0 Å². The maximum absolute atomic E-state index is 14.2. The van der Waals surface area contributed by atoms with Crippen molar-refractivity contribution in [3.8, 4) is 28.3 Å². The molecule has 4 aromatic rings. The van der Waals surface area contributed by atoms with E-state index < -0.39 is 33.1 Å².